The molecule has 1 aromatic heterocycles. The number of carbonyl (C=O) groups excluding carboxylic acids is 1. The highest BCUT2D eigenvalue weighted by Crippen LogP contribution is 2.24. The van der Waals surface area contributed by atoms with Crippen molar-refractivity contribution >= 4 is 11.8 Å². The van der Waals surface area contributed by atoms with Crippen LogP contribution in [0.15, 0.2) is 12.4 Å². The predicted octanol–water partition coefficient (Wildman–Crippen LogP) is 0.784. The van der Waals surface area contributed by atoms with Gasteiger partial charge in [-0.15, -0.1) is 0 Å². The highest BCUT2D eigenvalue weighted by molar-refractivity contribution is 5.74. The molecule has 0 bridgehead atoms. The number of methoxy groups -OCH3 is 1. The Balaban J connectivity index is 2.09. The van der Waals surface area contributed by atoms with Crippen molar-refractivity contribution in [3.8, 4) is 0 Å². The van der Waals surface area contributed by atoms with E-state index in [1.54, 1.807) is 12.4 Å². The maximum Gasteiger partial charge on any atom is 0.310 e. The van der Waals surface area contributed by atoms with Gasteiger partial charge in [0.1, 0.15) is 5.82 Å². The first-order valence-electron chi connectivity index (χ1n) is 5.32. The third-order valence-corrected chi connectivity index (χ3v) is 2.88. The van der Waals surface area contributed by atoms with E-state index in [1.807, 2.05) is 6.92 Å². The molecule has 5 heteroatoms. The van der Waals surface area contributed by atoms with Gasteiger partial charge < -0.3 is 9.64 Å². The van der Waals surface area contributed by atoms with Crippen molar-refractivity contribution in [3.63, 3.8) is 0 Å². The van der Waals surface area contributed by atoms with Gasteiger partial charge in [-0.1, -0.05) is 0 Å². The van der Waals surface area contributed by atoms with Crippen LogP contribution in [0.25, 0.3) is 0 Å². The quantitative estimate of drug-likeness (QED) is 0.691. The number of anilines is 1. The van der Waals surface area contributed by atoms with Crippen molar-refractivity contribution in [2.24, 2.45) is 5.92 Å². The Hall–Kier alpha value is -1.65. The average molecular weight is 221 g/mol. The van der Waals surface area contributed by atoms with Crippen molar-refractivity contribution in [1.82, 2.24) is 9.97 Å². The van der Waals surface area contributed by atoms with Crippen LogP contribution in [0.4, 0.5) is 5.82 Å². The largest absolute Gasteiger partial charge is 0.469 e. The molecule has 0 N–H and O–H groups in total. The Morgan fingerprint density at radius 3 is 2.94 bits per heavy atom. The minimum atomic E-state index is -0.135. The van der Waals surface area contributed by atoms with E-state index in [4.69, 9.17) is 4.74 Å². The summed E-state index contributed by atoms with van der Waals surface area (Å²) in [6.45, 7) is 3.43. The molecule has 0 aromatic carbocycles. The van der Waals surface area contributed by atoms with Gasteiger partial charge in [0.25, 0.3) is 0 Å². The third-order valence-electron chi connectivity index (χ3n) is 2.88. The van der Waals surface area contributed by atoms with E-state index in [2.05, 4.69) is 14.9 Å². The Bertz CT molecular complexity index is 395. The molecule has 5 nitrogen and oxygen atoms in total. The van der Waals surface area contributed by atoms with Gasteiger partial charge in [0, 0.05) is 25.5 Å². The summed E-state index contributed by atoms with van der Waals surface area (Å²) >= 11 is 0. The number of aryl methyl sites for hydroxylation is 1. The standard InChI is InChI=1S/C11H15N3O2/c1-8-10(13-5-4-12-8)14-6-3-9(7-14)11(15)16-2/h4-5,9H,3,6-7H2,1-2H3. The molecule has 0 radical (unpaired) electrons. The molecule has 0 aliphatic carbocycles. The monoisotopic (exact) mass is 221 g/mol. The van der Waals surface area contributed by atoms with Gasteiger partial charge in [-0.25, -0.2) is 4.98 Å². The Morgan fingerprint density at radius 1 is 1.50 bits per heavy atom. The second-order valence-corrected chi connectivity index (χ2v) is 3.92. The summed E-state index contributed by atoms with van der Waals surface area (Å²) in [4.78, 5) is 22.0. The molecule has 86 valence electrons. The zero-order valence-electron chi connectivity index (χ0n) is 9.51. The maximum absolute atomic E-state index is 11.4. The molecule has 0 spiro atoms. The van der Waals surface area contributed by atoms with Crippen LogP contribution in [0.5, 0.6) is 0 Å². The maximum atomic E-state index is 11.4. The molecule has 2 heterocycles. The lowest BCUT2D eigenvalue weighted by Gasteiger charge is -2.18. The molecular formula is C11H15N3O2. The van der Waals surface area contributed by atoms with E-state index in [0.717, 1.165) is 24.5 Å². The van der Waals surface area contributed by atoms with Gasteiger partial charge in [-0.3, -0.25) is 9.78 Å². The molecule has 1 saturated heterocycles. The van der Waals surface area contributed by atoms with Crippen LogP contribution in [-0.4, -0.2) is 36.1 Å². The summed E-state index contributed by atoms with van der Waals surface area (Å²) in [5, 5.41) is 0. The number of hydrogen-bond acceptors (Lipinski definition) is 5. The first-order valence-corrected chi connectivity index (χ1v) is 5.32. The fourth-order valence-corrected chi connectivity index (χ4v) is 2.02. The van der Waals surface area contributed by atoms with Crippen LogP contribution in [0.1, 0.15) is 12.1 Å². The van der Waals surface area contributed by atoms with Crippen LogP contribution in [0.2, 0.25) is 0 Å². The second-order valence-electron chi connectivity index (χ2n) is 3.92. The molecule has 1 aromatic rings. The van der Waals surface area contributed by atoms with Gasteiger partial charge in [0.2, 0.25) is 0 Å². The van der Waals surface area contributed by atoms with E-state index in [9.17, 15) is 4.79 Å². The molecular weight excluding hydrogens is 206 g/mol. The molecule has 0 saturated carbocycles. The summed E-state index contributed by atoms with van der Waals surface area (Å²) in [6, 6.07) is 0. The van der Waals surface area contributed by atoms with E-state index < -0.39 is 0 Å². The summed E-state index contributed by atoms with van der Waals surface area (Å²) in [6.07, 6.45) is 4.17. The minimum Gasteiger partial charge on any atom is -0.469 e. The van der Waals surface area contributed by atoms with E-state index in [1.165, 1.54) is 7.11 Å². The van der Waals surface area contributed by atoms with Crippen molar-refractivity contribution in [1.29, 1.82) is 0 Å². The molecule has 1 atom stereocenters. The molecule has 1 aliphatic rings. The number of rotatable bonds is 2. The zero-order valence-corrected chi connectivity index (χ0v) is 9.51. The first-order chi connectivity index (χ1) is 7.72. The van der Waals surface area contributed by atoms with Crippen LogP contribution in [0, 0.1) is 12.8 Å². The van der Waals surface area contributed by atoms with Gasteiger partial charge in [-0.05, 0) is 13.3 Å². The Labute approximate surface area is 94.5 Å². The smallest absolute Gasteiger partial charge is 0.310 e. The highest BCUT2D eigenvalue weighted by Gasteiger charge is 2.30. The highest BCUT2D eigenvalue weighted by atomic mass is 16.5. The van der Waals surface area contributed by atoms with Crippen molar-refractivity contribution < 1.29 is 9.53 Å². The van der Waals surface area contributed by atoms with Crippen LogP contribution < -0.4 is 4.90 Å². The lowest BCUT2D eigenvalue weighted by molar-refractivity contribution is -0.144. The summed E-state index contributed by atoms with van der Waals surface area (Å²) in [5.41, 5.74) is 0.896. The van der Waals surface area contributed by atoms with Gasteiger partial charge in [0.05, 0.1) is 18.7 Å². The van der Waals surface area contributed by atoms with E-state index >= 15 is 0 Å². The average Bonchev–Trinajstić information content (AvgIpc) is 2.78. The normalized spacial score (nSPS) is 19.9. The Kier molecular flexibility index (Phi) is 3.03. The van der Waals surface area contributed by atoms with Crippen LogP contribution >= 0.6 is 0 Å². The SMILES string of the molecule is COC(=O)C1CCN(c2nccnc2C)C1. The topological polar surface area (TPSA) is 55.3 Å². The fourth-order valence-electron chi connectivity index (χ4n) is 2.02. The minimum absolute atomic E-state index is 0.0357. The van der Waals surface area contributed by atoms with Crippen molar-refractivity contribution in [2.45, 2.75) is 13.3 Å². The van der Waals surface area contributed by atoms with E-state index in [0.29, 0.717) is 6.54 Å². The predicted molar refractivity (Wildman–Crippen MR) is 59.1 cm³/mol. The number of ether oxygens (including phenoxy) is 1. The summed E-state index contributed by atoms with van der Waals surface area (Å²) < 4.78 is 4.75. The van der Waals surface area contributed by atoms with Crippen molar-refractivity contribution in [3.05, 3.63) is 18.1 Å². The summed E-state index contributed by atoms with van der Waals surface area (Å²) in [7, 11) is 1.43. The number of esters is 1. The van der Waals surface area contributed by atoms with Gasteiger partial charge in [0.15, 0.2) is 0 Å². The number of hydrogen-bond donors (Lipinski definition) is 0. The lowest BCUT2D eigenvalue weighted by Crippen LogP contribution is -2.25. The van der Waals surface area contributed by atoms with Crippen molar-refractivity contribution in [2.75, 3.05) is 25.1 Å². The van der Waals surface area contributed by atoms with E-state index in [-0.39, 0.29) is 11.9 Å². The fraction of sp³-hybridized carbons (Fsp3) is 0.545. The first kappa shape index (κ1) is 10.9. The van der Waals surface area contributed by atoms with Crippen LogP contribution in [0.3, 0.4) is 0 Å². The summed E-state index contributed by atoms with van der Waals surface area (Å²) in [5.74, 6) is 0.698. The zero-order chi connectivity index (χ0) is 11.5. The van der Waals surface area contributed by atoms with Gasteiger partial charge >= 0.3 is 5.97 Å². The molecule has 0 amide bonds. The number of carbonyl (C=O) groups is 1. The lowest BCUT2D eigenvalue weighted by atomic mass is 10.1. The number of aromatic nitrogens is 2. The molecule has 16 heavy (non-hydrogen) atoms. The molecule has 1 unspecified atom stereocenters. The third kappa shape index (κ3) is 1.98. The van der Waals surface area contributed by atoms with Crippen LogP contribution in [-0.2, 0) is 9.53 Å². The Morgan fingerprint density at radius 2 is 2.25 bits per heavy atom. The molecule has 2 rings (SSSR count). The second kappa shape index (κ2) is 4.47. The van der Waals surface area contributed by atoms with Gasteiger partial charge in [-0.2, -0.15) is 0 Å². The number of nitrogens with zero attached hydrogens (tertiary/aromatic N) is 3. The molecule has 1 aliphatic heterocycles. The molecule has 1 fully saturated rings.